The predicted octanol–water partition coefficient (Wildman–Crippen LogP) is 3.01. The fourth-order valence-corrected chi connectivity index (χ4v) is 6.42. The summed E-state index contributed by atoms with van der Waals surface area (Å²) < 4.78 is 6.05. The first-order valence-corrected chi connectivity index (χ1v) is 14.0. The Morgan fingerprint density at radius 2 is 1.74 bits per heavy atom. The largest absolute Gasteiger partial charge is 0.448 e. The van der Waals surface area contributed by atoms with Gasteiger partial charge in [0.25, 0.3) is 5.91 Å². The molecule has 0 radical (unpaired) electrons. The summed E-state index contributed by atoms with van der Waals surface area (Å²) in [6, 6.07) is 21.6. The van der Waals surface area contributed by atoms with Gasteiger partial charge in [-0.2, -0.15) is 5.10 Å². The number of benzene rings is 2. The van der Waals surface area contributed by atoms with E-state index < -0.39 is 29.4 Å². The number of amides is 3. The Kier molecular flexibility index (Phi) is 8.18. The average Bonchev–Trinajstić information content (AvgIpc) is 3.48. The molecule has 5 rings (SSSR count). The highest BCUT2D eigenvalue weighted by molar-refractivity contribution is 8.00. The average molecular weight is 561 g/mol. The van der Waals surface area contributed by atoms with E-state index in [-0.39, 0.29) is 18.0 Å². The lowest BCUT2D eigenvalue weighted by Gasteiger charge is -2.49. The van der Waals surface area contributed by atoms with E-state index >= 15 is 0 Å². The van der Waals surface area contributed by atoms with Gasteiger partial charge in [-0.15, -0.1) is 23.1 Å². The number of carbonyl (C=O) groups is 4. The Bertz CT molecular complexity index is 1370. The molecule has 1 saturated heterocycles. The summed E-state index contributed by atoms with van der Waals surface area (Å²) in [5.41, 5.74) is 4.20. The van der Waals surface area contributed by atoms with Gasteiger partial charge in [0.1, 0.15) is 17.1 Å². The first kappa shape index (κ1) is 26.4. The van der Waals surface area contributed by atoms with Gasteiger partial charge in [-0.1, -0.05) is 66.7 Å². The highest BCUT2D eigenvalue weighted by Gasteiger charge is 2.54. The van der Waals surface area contributed by atoms with Crippen molar-refractivity contribution < 1.29 is 23.9 Å². The zero-order chi connectivity index (χ0) is 27.2. The standard InChI is InChI=1S/C28H24N4O5S2/c33-17-30-29-15-20-16-39-27-23(31-22(34)14-21-12-7-13-38-21)26(35)32(27)24(20)28(36)37-25(18-8-3-1-4-9-18)19-10-5-2-6-11-19/h1-13,15,17,23,25,27H,14,16H2,(H,30,33)(H,31,34)/b29-15+/t23?,27-/m1/s1. The molecule has 0 saturated carbocycles. The van der Waals surface area contributed by atoms with E-state index in [1.807, 2.05) is 78.2 Å². The van der Waals surface area contributed by atoms with Crippen LogP contribution in [-0.2, 0) is 30.3 Å². The minimum atomic E-state index is -0.768. The Hall–Kier alpha value is -4.22. The second-order valence-electron chi connectivity index (χ2n) is 8.70. The Balaban J connectivity index is 1.41. The van der Waals surface area contributed by atoms with E-state index in [1.165, 1.54) is 34.2 Å². The highest BCUT2D eigenvalue weighted by Crippen LogP contribution is 2.41. The topological polar surface area (TPSA) is 117 Å². The maximum absolute atomic E-state index is 13.8. The number of ether oxygens (including phenoxy) is 1. The highest BCUT2D eigenvalue weighted by atomic mass is 32.2. The van der Waals surface area contributed by atoms with Crippen LogP contribution in [0, 0.1) is 0 Å². The molecule has 2 aliphatic heterocycles. The van der Waals surface area contributed by atoms with Crippen LogP contribution < -0.4 is 10.7 Å². The Morgan fingerprint density at radius 1 is 1.05 bits per heavy atom. The smallest absolute Gasteiger partial charge is 0.356 e. The number of hydrazone groups is 1. The number of thioether (sulfide) groups is 1. The molecule has 1 unspecified atom stereocenters. The third-order valence-corrected chi connectivity index (χ3v) is 8.38. The molecule has 2 aromatic carbocycles. The monoisotopic (exact) mass is 560 g/mol. The molecule has 1 fully saturated rings. The van der Waals surface area contributed by atoms with Crippen LogP contribution in [0.5, 0.6) is 0 Å². The molecule has 11 heteroatoms. The SMILES string of the molecule is O=CN/N=C/C1=C(C(=O)OC(c2ccccc2)c2ccccc2)N2C(=O)C(NC(=O)Cc3cccs3)[C@H]2SC1. The number of hydrogen-bond acceptors (Lipinski definition) is 8. The van der Waals surface area contributed by atoms with Gasteiger partial charge in [0, 0.05) is 16.2 Å². The Labute approximate surface area is 232 Å². The van der Waals surface area contributed by atoms with Crippen LogP contribution in [0.3, 0.4) is 0 Å². The second-order valence-corrected chi connectivity index (χ2v) is 10.8. The zero-order valence-electron chi connectivity index (χ0n) is 20.6. The lowest BCUT2D eigenvalue weighted by Crippen LogP contribution is -2.70. The molecule has 3 heterocycles. The molecule has 2 atom stereocenters. The number of rotatable bonds is 10. The predicted molar refractivity (Wildman–Crippen MR) is 149 cm³/mol. The number of fused-ring (bicyclic) bond motifs is 1. The molecule has 0 aliphatic carbocycles. The van der Waals surface area contributed by atoms with Crippen LogP contribution >= 0.6 is 23.1 Å². The molecule has 198 valence electrons. The van der Waals surface area contributed by atoms with Crippen molar-refractivity contribution in [2.24, 2.45) is 5.10 Å². The molecule has 2 aliphatic rings. The fraction of sp³-hybridized carbons (Fsp3) is 0.179. The molecule has 3 aromatic rings. The number of nitrogens with one attached hydrogen (secondary N) is 2. The van der Waals surface area contributed by atoms with Gasteiger partial charge in [-0.25, -0.2) is 10.2 Å². The van der Waals surface area contributed by atoms with E-state index in [2.05, 4.69) is 15.8 Å². The lowest BCUT2D eigenvalue weighted by molar-refractivity contribution is -0.154. The van der Waals surface area contributed by atoms with Crippen LogP contribution in [0.4, 0.5) is 0 Å². The molecule has 9 nitrogen and oxygen atoms in total. The Morgan fingerprint density at radius 3 is 2.36 bits per heavy atom. The van der Waals surface area contributed by atoms with Crippen LogP contribution in [-0.4, -0.2) is 52.5 Å². The van der Waals surface area contributed by atoms with E-state index in [9.17, 15) is 19.2 Å². The lowest BCUT2D eigenvalue weighted by atomic mass is 10.0. The molecular weight excluding hydrogens is 536 g/mol. The fourth-order valence-electron chi connectivity index (χ4n) is 4.42. The minimum absolute atomic E-state index is 0.0424. The van der Waals surface area contributed by atoms with E-state index in [0.29, 0.717) is 17.7 Å². The van der Waals surface area contributed by atoms with Crippen molar-refractivity contribution in [1.82, 2.24) is 15.6 Å². The van der Waals surface area contributed by atoms with Gasteiger partial charge in [0.05, 0.1) is 12.6 Å². The summed E-state index contributed by atoms with van der Waals surface area (Å²) in [7, 11) is 0. The van der Waals surface area contributed by atoms with Crippen molar-refractivity contribution in [3.63, 3.8) is 0 Å². The van der Waals surface area contributed by atoms with Crippen LogP contribution in [0.15, 0.2) is 94.5 Å². The van der Waals surface area contributed by atoms with Crippen molar-refractivity contribution >= 4 is 53.5 Å². The second kappa shape index (κ2) is 12.1. The summed E-state index contributed by atoms with van der Waals surface area (Å²) >= 11 is 2.86. The zero-order valence-corrected chi connectivity index (χ0v) is 22.2. The summed E-state index contributed by atoms with van der Waals surface area (Å²) in [6.45, 7) is 0. The number of thiophene rings is 1. The number of β-lactam (4-membered cyclic amide) rings is 1. The van der Waals surface area contributed by atoms with Crippen molar-refractivity contribution in [3.8, 4) is 0 Å². The van der Waals surface area contributed by atoms with Gasteiger partial charge in [-0.05, 0) is 22.6 Å². The first-order chi connectivity index (χ1) is 19.1. The first-order valence-electron chi connectivity index (χ1n) is 12.1. The number of esters is 1. The summed E-state index contributed by atoms with van der Waals surface area (Å²) in [4.78, 5) is 52.6. The number of nitrogens with zero attached hydrogens (tertiary/aromatic N) is 2. The quantitative estimate of drug-likeness (QED) is 0.129. The summed E-state index contributed by atoms with van der Waals surface area (Å²) in [5, 5.41) is 8.05. The maximum Gasteiger partial charge on any atom is 0.356 e. The molecular formula is C28H24N4O5S2. The third kappa shape index (κ3) is 5.79. The maximum atomic E-state index is 13.8. The normalized spacial score (nSPS) is 18.5. The van der Waals surface area contributed by atoms with Crippen LogP contribution in [0.25, 0.3) is 0 Å². The molecule has 2 N–H and O–H groups in total. The van der Waals surface area contributed by atoms with Crippen LogP contribution in [0.1, 0.15) is 22.1 Å². The van der Waals surface area contributed by atoms with E-state index in [4.69, 9.17) is 4.74 Å². The van der Waals surface area contributed by atoms with Crippen molar-refractivity contribution in [2.75, 3.05) is 5.75 Å². The summed E-state index contributed by atoms with van der Waals surface area (Å²) in [6.07, 6.45) is 1.20. The molecule has 39 heavy (non-hydrogen) atoms. The van der Waals surface area contributed by atoms with E-state index in [1.54, 1.807) is 0 Å². The van der Waals surface area contributed by atoms with Gasteiger partial charge < -0.3 is 10.1 Å². The third-order valence-electron chi connectivity index (χ3n) is 6.20. The van der Waals surface area contributed by atoms with Gasteiger partial charge in [-0.3, -0.25) is 19.3 Å². The van der Waals surface area contributed by atoms with Gasteiger partial charge in [0.15, 0.2) is 6.10 Å². The van der Waals surface area contributed by atoms with Crippen molar-refractivity contribution in [1.29, 1.82) is 0 Å². The molecule has 3 amide bonds. The number of hydrogen-bond donors (Lipinski definition) is 2. The van der Waals surface area contributed by atoms with Crippen LogP contribution in [0.2, 0.25) is 0 Å². The van der Waals surface area contributed by atoms with Crippen molar-refractivity contribution in [2.45, 2.75) is 23.9 Å². The van der Waals surface area contributed by atoms with Crippen molar-refractivity contribution in [3.05, 3.63) is 105 Å². The molecule has 0 bridgehead atoms. The molecule has 1 aromatic heterocycles. The molecule has 0 spiro atoms. The van der Waals surface area contributed by atoms with Gasteiger partial charge >= 0.3 is 5.97 Å². The number of carbonyl (C=O) groups excluding carboxylic acids is 4. The minimum Gasteiger partial charge on any atom is -0.448 e. The van der Waals surface area contributed by atoms with Gasteiger partial charge in [0.2, 0.25) is 12.3 Å². The summed E-state index contributed by atoms with van der Waals surface area (Å²) in [5.74, 6) is -1.06. The van der Waals surface area contributed by atoms with E-state index in [0.717, 1.165) is 16.0 Å².